The molecule has 0 bridgehead atoms. The summed E-state index contributed by atoms with van der Waals surface area (Å²) in [5, 5.41) is 3.21. The van der Waals surface area contributed by atoms with E-state index in [0.29, 0.717) is 11.5 Å². The largest absolute Gasteiger partial charge is 0.345 e. The number of carbonyl (C=O) groups excluding carboxylic acids is 1. The smallest absolute Gasteiger partial charge is 0.251 e. The number of nitrogens with one attached hydrogen (secondary N) is 2. The Morgan fingerprint density at radius 3 is 2.31 bits per heavy atom. The molecule has 7 heteroatoms. The summed E-state index contributed by atoms with van der Waals surface area (Å²) in [6.45, 7) is 4.20. The van der Waals surface area contributed by atoms with Crippen LogP contribution in [0.4, 0.5) is 5.69 Å². The van der Waals surface area contributed by atoms with Crippen LogP contribution in [0.1, 0.15) is 42.2 Å². The first kappa shape index (κ1) is 20.3. The lowest BCUT2D eigenvalue weighted by molar-refractivity contribution is 0.0932. The number of rotatable bonds is 7. The van der Waals surface area contributed by atoms with Gasteiger partial charge in [0.15, 0.2) is 0 Å². The van der Waals surface area contributed by atoms with Crippen LogP contribution in [0.3, 0.4) is 0 Å². The molecular formula is C19H23ClN2O3S. The Balaban J connectivity index is 2.20. The molecule has 5 nitrogen and oxygen atoms in total. The molecule has 1 atom stereocenters. The van der Waals surface area contributed by atoms with Gasteiger partial charge in [0.2, 0.25) is 10.0 Å². The quantitative estimate of drug-likeness (QED) is 0.737. The first-order valence-corrected chi connectivity index (χ1v) is 10.6. The second kappa shape index (κ2) is 8.56. The van der Waals surface area contributed by atoms with Crippen LogP contribution in [-0.4, -0.2) is 20.6 Å². The molecular weight excluding hydrogens is 372 g/mol. The zero-order chi connectivity index (χ0) is 19.3. The van der Waals surface area contributed by atoms with Crippen LogP contribution in [0.15, 0.2) is 48.5 Å². The second-order valence-corrected chi connectivity index (χ2v) is 8.79. The van der Waals surface area contributed by atoms with Crippen molar-refractivity contribution in [2.24, 2.45) is 5.92 Å². The van der Waals surface area contributed by atoms with E-state index in [2.05, 4.69) is 23.9 Å². The van der Waals surface area contributed by atoms with Gasteiger partial charge in [-0.2, -0.15) is 0 Å². The predicted molar refractivity (Wildman–Crippen MR) is 106 cm³/mol. The van der Waals surface area contributed by atoms with E-state index < -0.39 is 10.0 Å². The Morgan fingerprint density at radius 2 is 1.77 bits per heavy atom. The molecule has 0 saturated carbocycles. The lowest BCUT2D eigenvalue weighted by Crippen LogP contribution is -2.29. The Bertz CT molecular complexity index is 868. The second-order valence-electron chi connectivity index (χ2n) is 6.64. The number of halogens is 1. The van der Waals surface area contributed by atoms with Gasteiger partial charge >= 0.3 is 0 Å². The van der Waals surface area contributed by atoms with Crippen molar-refractivity contribution >= 4 is 33.2 Å². The first-order chi connectivity index (χ1) is 12.2. The standard InChI is InChI=1S/C19H23ClN2O3S/c1-13(2)11-18(14-7-5-4-6-8-14)21-19(23)15-9-10-17(16(20)12-15)22-26(3,24)25/h4-10,12-13,18,22H,11H2,1-3H3,(H,21,23). The number of benzene rings is 2. The van der Waals surface area contributed by atoms with Crippen molar-refractivity contribution < 1.29 is 13.2 Å². The first-order valence-electron chi connectivity index (χ1n) is 8.29. The molecule has 0 aromatic heterocycles. The molecule has 2 aromatic rings. The van der Waals surface area contributed by atoms with Gasteiger partial charge in [0.25, 0.3) is 5.91 Å². The van der Waals surface area contributed by atoms with Gasteiger partial charge in [-0.1, -0.05) is 55.8 Å². The Morgan fingerprint density at radius 1 is 1.12 bits per heavy atom. The van der Waals surface area contributed by atoms with E-state index in [1.165, 1.54) is 12.1 Å². The van der Waals surface area contributed by atoms with E-state index in [0.717, 1.165) is 18.2 Å². The molecule has 1 unspecified atom stereocenters. The molecule has 0 aliphatic carbocycles. The van der Waals surface area contributed by atoms with Crippen molar-refractivity contribution in [3.63, 3.8) is 0 Å². The highest BCUT2D eigenvalue weighted by Gasteiger charge is 2.18. The van der Waals surface area contributed by atoms with Crippen LogP contribution in [-0.2, 0) is 10.0 Å². The molecule has 0 radical (unpaired) electrons. The highest BCUT2D eigenvalue weighted by atomic mass is 35.5. The maximum Gasteiger partial charge on any atom is 0.251 e. The third-order valence-electron chi connectivity index (χ3n) is 3.74. The van der Waals surface area contributed by atoms with Gasteiger partial charge in [0, 0.05) is 5.56 Å². The topological polar surface area (TPSA) is 75.3 Å². The number of carbonyl (C=O) groups is 1. The number of sulfonamides is 1. The molecule has 2 aromatic carbocycles. The van der Waals surface area contributed by atoms with Crippen molar-refractivity contribution in [2.75, 3.05) is 11.0 Å². The van der Waals surface area contributed by atoms with Crippen molar-refractivity contribution in [3.05, 3.63) is 64.7 Å². The summed E-state index contributed by atoms with van der Waals surface area (Å²) in [5.74, 6) is 0.151. The monoisotopic (exact) mass is 394 g/mol. The molecule has 0 spiro atoms. The van der Waals surface area contributed by atoms with Gasteiger partial charge in [-0.25, -0.2) is 8.42 Å². The third kappa shape index (κ3) is 6.04. The van der Waals surface area contributed by atoms with Gasteiger partial charge < -0.3 is 5.32 Å². The van der Waals surface area contributed by atoms with Gasteiger partial charge in [0.1, 0.15) is 0 Å². The summed E-state index contributed by atoms with van der Waals surface area (Å²) in [7, 11) is -3.44. The average molecular weight is 395 g/mol. The fraction of sp³-hybridized carbons (Fsp3) is 0.316. The molecule has 0 fully saturated rings. The van der Waals surface area contributed by atoms with Crippen LogP contribution in [0.2, 0.25) is 5.02 Å². The third-order valence-corrected chi connectivity index (χ3v) is 4.64. The number of anilines is 1. The van der Waals surface area contributed by atoms with E-state index in [-0.39, 0.29) is 22.7 Å². The maximum absolute atomic E-state index is 12.7. The molecule has 0 saturated heterocycles. The van der Waals surface area contributed by atoms with Gasteiger partial charge in [-0.05, 0) is 36.1 Å². The zero-order valence-electron chi connectivity index (χ0n) is 15.0. The summed E-state index contributed by atoms with van der Waals surface area (Å²) in [5.41, 5.74) is 1.65. The van der Waals surface area contributed by atoms with Crippen molar-refractivity contribution in [3.8, 4) is 0 Å². The Kier molecular flexibility index (Phi) is 6.67. The Hall–Kier alpha value is -2.05. The molecule has 2 N–H and O–H groups in total. The minimum Gasteiger partial charge on any atom is -0.345 e. The summed E-state index contributed by atoms with van der Waals surface area (Å²) in [6.07, 6.45) is 1.84. The normalized spacial score (nSPS) is 12.7. The van der Waals surface area contributed by atoms with E-state index in [9.17, 15) is 13.2 Å². The number of hydrogen-bond acceptors (Lipinski definition) is 3. The average Bonchev–Trinajstić information content (AvgIpc) is 2.55. The fourth-order valence-corrected chi connectivity index (χ4v) is 3.48. The summed E-state index contributed by atoms with van der Waals surface area (Å²) < 4.78 is 25.0. The van der Waals surface area contributed by atoms with Gasteiger partial charge in [-0.15, -0.1) is 0 Å². The summed E-state index contributed by atoms with van der Waals surface area (Å²) >= 11 is 6.11. The SMILES string of the molecule is CC(C)CC(NC(=O)c1ccc(NS(C)(=O)=O)c(Cl)c1)c1ccccc1. The van der Waals surface area contributed by atoms with Crippen LogP contribution < -0.4 is 10.0 Å². The molecule has 0 aliphatic rings. The van der Waals surface area contributed by atoms with Crippen LogP contribution >= 0.6 is 11.6 Å². The molecule has 0 heterocycles. The Labute approximate surface area is 159 Å². The minimum atomic E-state index is -3.44. The highest BCUT2D eigenvalue weighted by molar-refractivity contribution is 7.92. The van der Waals surface area contributed by atoms with Crippen LogP contribution in [0.5, 0.6) is 0 Å². The van der Waals surface area contributed by atoms with Gasteiger partial charge in [0.05, 0.1) is 23.0 Å². The molecule has 1 amide bonds. The van der Waals surface area contributed by atoms with Crippen molar-refractivity contribution in [2.45, 2.75) is 26.3 Å². The van der Waals surface area contributed by atoms with Crippen LogP contribution in [0.25, 0.3) is 0 Å². The zero-order valence-corrected chi connectivity index (χ0v) is 16.6. The number of hydrogen-bond donors (Lipinski definition) is 2. The lowest BCUT2D eigenvalue weighted by atomic mass is 9.96. The maximum atomic E-state index is 12.7. The molecule has 140 valence electrons. The van der Waals surface area contributed by atoms with Crippen LogP contribution in [0, 0.1) is 5.92 Å². The minimum absolute atomic E-state index is 0.115. The van der Waals surface area contributed by atoms with E-state index in [1.807, 2.05) is 30.3 Å². The van der Waals surface area contributed by atoms with Gasteiger partial charge in [-0.3, -0.25) is 9.52 Å². The van der Waals surface area contributed by atoms with E-state index >= 15 is 0 Å². The fourth-order valence-electron chi connectivity index (χ4n) is 2.62. The summed E-state index contributed by atoms with van der Waals surface area (Å²) in [4.78, 5) is 12.7. The summed E-state index contributed by atoms with van der Waals surface area (Å²) in [6, 6.07) is 14.2. The van der Waals surface area contributed by atoms with E-state index in [1.54, 1.807) is 6.07 Å². The molecule has 0 aliphatic heterocycles. The van der Waals surface area contributed by atoms with E-state index in [4.69, 9.17) is 11.6 Å². The lowest BCUT2D eigenvalue weighted by Gasteiger charge is -2.21. The highest BCUT2D eigenvalue weighted by Crippen LogP contribution is 2.25. The number of amides is 1. The predicted octanol–water partition coefficient (Wildman–Crippen LogP) is 4.23. The molecule has 2 rings (SSSR count). The molecule has 26 heavy (non-hydrogen) atoms. The van der Waals surface area contributed by atoms with Crippen molar-refractivity contribution in [1.82, 2.24) is 5.32 Å². The van der Waals surface area contributed by atoms with Crippen molar-refractivity contribution in [1.29, 1.82) is 0 Å².